The molecule has 0 aliphatic carbocycles. The lowest BCUT2D eigenvalue weighted by molar-refractivity contribution is -0.0918. The highest BCUT2D eigenvalue weighted by Crippen LogP contribution is 2.28. The topological polar surface area (TPSA) is 90.2 Å². The number of halogens is 3. The van der Waals surface area contributed by atoms with Crippen molar-refractivity contribution in [2.45, 2.75) is 19.6 Å². The Bertz CT molecular complexity index is 520. The fourth-order valence-corrected chi connectivity index (χ4v) is 1.45. The van der Waals surface area contributed by atoms with Gasteiger partial charge in [-0.2, -0.15) is 18.3 Å². The molecule has 0 radical (unpaired) electrons. The molecule has 1 aromatic heterocycles. The maximum absolute atomic E-state index is 12.7. The zero-order valence-electron chi connectivity index (χ0n) is 10.5. The largest absolute Gasteiger partial charge is 0.431 e. The number of hydrogen-bond donors (Lipinski definition) is 2. The second-order valence-corrected chi connectivity index (χ2v) is 3.78. The van der Waals surface area contributed by atoms with E-state index < -0.39 is 11.9 Å². The fourth-order valence-electron chi connectivity index (χ4n) is 1.45. The molecule has 0 aliphatic heterocycles. The van der Waals surface area contributed by atoms with Gasteiger partial charge in [0.05, 0.1) is 11.4 Å². The Balaban J connectivity index is 3.44. The standard InChI is InChI=1S/C11H14F3N5/c1-6-3-7(4-15)18-19-9(6)8(5-17-2)10(16)11(12,13)14/h3,5H,4,15-16H2,1-2H3. The van der Waals surface area contributed by atoms with Crippen molar-refractivity contribution in [1.29, 1.82) is 0 Å². The average Bonchev–Trinajstić information content (AvgIpc) is 2.34. The molecule has 0 unspecified atom stereocenters. The molecular weight excluding hydrogens is 259 g/mol. The number of alkyl halides is 3. The Morgan fingerprint density at radius 1 is 1.42 bits per heavy atom. The number of aliphatic imine (C=N–C) groups is 1. The number of nitrogens with zero attached hydrogens (tertiary/aromatic N) is 3. The van der Waals surface area contributed by atoms with Gasteiger partial charge in [0.25, 0.3) is 0 Å². The van der Waals surface area contributed by atoms with Gasteiger partial charge >= 0.3 is 6.18 Å². The zero-order chi connectivity index (χ0) is 14.6. The van der Waals surface area contributed by atoms with E-state index in [2.05, 4.69) is 15.2 Å². The predicted octanol–water partition coefficient (Wildman–Crippen LogP) is 1.18. The summed E-state index contributed by atoms with van der Waals surface area (Å²) in [5.41, 5.74) is 9.98. The van der Waals surface area contributed by atoms with Crippen LogP contribution >= 0.6 is 0 Å². The average molecular weight is 273 g/mol. The lowest BCUT2D eigenvalue weighted by Gasteiger charge is -2.12. The lowest BCUT2D eigenvalue weighted by atomic mass is 10.1. The van der Waals surface area contributed by atoms with Gasteiger partial charge in [0.15, 0.2) is 0 Å². The number of nitrogens with two attached hydrogens (primary N) is 2. The maximum atomic E-state index is 12.7. The van der Waals surface area contributed by atoms with Crippen molar-refractivity contribution in [2.75, 3.05) is 7.05 Å². The van der Waals surface area contributed by atoms with Crippen molar-refractivity contribution >= 4 is 11.8 Å². The quantitative estimate of drug-likeness (QED) is 0.809. The molecule has 0 saturated heterocycles. The maximum Gasteiger partial charge on any atom is 0.431 e. The molecule has 0 fully saturated rings. The number of allylic oxidation sites excluding steroid dienone is 2. The molecule has 0 spiro atoms. The van der Waals surface area contributed by atoms with Crippen LogP contribution in [0.2, 0.25) is 0 Å². The molecular formula is C11H14F3N5. The number of aromatic nitrogens is 2. The van der Waals surface area contributed by atoms with Crippen molar-refractivity contribution in [1.82, 2.24) is 10.2 Å². The van der Waals surface area contributed by atoms with Gasteiger partial charge in [-0.1, -0.05) is 0 Å². The van der Waals surface area contributed by atoms with Crippen LogP contribution in [0.15, 0.2) is 16.8 Å². The normalized spacial score (nSPS) is 13.8. The van der Waals surface area contributed by atoms with E-state index in [9.17, 15) is 13.2 Å². The predicted molar refractivity (Wildman–Crippen MR) is 66.2 cm³/mol. The first-order valence-corrected chi connectivity index (χ1v) is 5.34. The molecule has 1 heterocycles. The highest BCUT2D eigenvalue weighted by Gasteiger charge is 2.35. The van der Waals surface area contributed by atoms with Gasteiger partial charge in [-0.3, -0.25) is 4.99 Å². The number of aryl methyl sites for hydroxylation is 1. The molecule has 1 rings (SSSR count). The molecule has 0 amide bonds. The first-order chi connectivity index (χ1) is 8.81. The van der Waals surface area contributed by atoms with Crippen LogP contribution in [0, 0.1) is 6.92 Å². The third-order valence-corrected chi connectivity index (χ3v) is 2.35. The first-order valence-electron chi connectivity index (χ1n) is 5.34. The third kappa shape index (κ3) is 3.50. The monoisotopic (exact) mass is 273 g/mol. The van der Waals surface area contributed by atoms with Crippen molar-refractivity contribution < 1.29 is 13.2 Å². The van der Waals surface area contributed by atoms with E-state index in [0.29, 0.717) is 11.3 Å². The smallest absolute Gasteiger partial charge is 0.394 e. The van der Waals surface area contributed by atoms with E-state index in [1.807, 2.05) is 0 Å². The molecule has 5 nitrogen and oxygen atoms in total. The van der Waals surface area contributed by atoms with E-state index in [4.69, 9.17) is 11.5 Å². The molecule has 0 aliphatic rings. The number of hydrogen-bond acceptors (Lipinski definition) is 5. The van der Waals surface area contributed by atoms with E-state index in [-0.39, 0.29) is 17.8 Å². The minimum Gasteiger partial charge on any atom is -0.394 e. The highest BCUT2D eigenvalue weighted by molar-refractivity contribution is 6.10. The van der Waals surface area contributed by atoms with Crippen molar-refractivity contribution in [2.24, 2.45) is 16.5 Å². The van der Waals surface area contributed by atoms with Crippen LogP contribution in [0.1, 0.15) is 17.0 Å². The number of rotatable bonds is 3. The Labute approximate surface area is 108 Å². The third-order valence-electron chi connectivity index (χ3n) is 2.35. The summed E-state index contributed by atoms with van der Waals surface area (Å²) >= 11 is 0. The minimum atomic E-state index is -4.66. The molecule has 19 heavy (non-hydrogen) atoms. The van der Waals surface area contributed by atoms with Crippen LogP contribution in [0.25, 0.3) is 5.57 Å². The summed E-state index contributed by atoms with van der Waals surface area (Å²) in [6, 6.07) is 1.56. The molecule has 4 N–H and O–H groups in total. The van der Waals surface area contributed by atoms with Gasteiger partial charge in [0, 0.05) is 25.4 Å². The van der Waals surface area contributed by atoms with Crippen LogP contribution in [0.3, 0.4) is 0 Å². The van der Waals surface area contributed by atoms with Crippen LogP contribution in [0.5, 0.6) is 0 Å². The summed E-state index contributed by atoms with van der Waals surface area (Å²) in [6.45, 7) is 1.76. The van der Waals surface area contributed by atoms with Crippen molar-refractivity contribution in [3.05, 3.63) is 28.7 Å². The highest BCUT2D eigenvalue weighted by atomic mass is 19.4. The summed E-state index contributed by atoms with van der Waals surface area (Å²) in [4.78, 5) is 3.58. The molecule has 0 atom stereocenters. The fraction of sp³-hybridized carbons (Fsp3) is 0.364. The Morgan fingerprint density at radius 2 is 2.05 bits per heavy atom. The van der Waals surface area contributed by atoms with Crippen LogP contribution in [-0.2, 0) is 6.54 Å². The SMILES string of the molecule is CN=CC(=C(N)C(F)(F)F)c1nnc(CN)cc1C. The summed E-state index contributed by atoms with van der Waals surface area (Å²) < 4.78 is 38.0. The van der Waals surface area contributed by atoms with Crippen LogP contribution in [0.4, 0.5) is 13.2 Å². The summed E-state index contributed by atoms with van der Waals surface area (Å²) in [5, 5.41) is 7.48. The minimum absolute atomic E-state index is 0.0395. The molecule has 0 bridgehead atoms. The van der Waals surface area contributed by atoms with Crippen LogP contribution < -0.4 is 11.5 Å². The summed E-state index contributed by atoms with van der Waals surface area (Å²) in [5.74, 6) is 0. The van der Waals surface area contributed by atoms with E-state index in [1.54, 1.807) is 13.0 Å². The Morgan fingerprint density at radius 3 is 2.47 bits per heavy atom. The first kappa shape index (κ1) is 15.1. The van der Waals surface area contributed by atoms with Gasteiger partial charge in [0.1, 0.15) is 5.70 Å². The van der Waals surface area contributed by atoms with Gasteiger partial charge < -0.3 is 11.5 Å². The van der Waals surface area contributed by atoms with Gasteiger partial charge in [-0.05, 0) is 18.6 Å². The molecule has 1 aromatic rings. The molecule has 0 aromatic carbocycles. The lowest BCUT2D eigenvalue weighted by Crippen LogP contribution is -2.22. The molecule has 104 valence electrons. The second kappa shape index (κ2) is 5.79. The van der Waals surface area contributed by atoms with Gasteiger partial charge in [0.2, 0.25) is 0 Å². The van der Waals surface area contributed by atoms with Crippen LogP contribution in [-0.4, -0.2) is 29.6 Å². The summed E-state index contributed by atoms with van der Waals surface area (Å²) in [6.07, 6.45) is -3.64. The van der Waals surface area contributed by atoms with E-state index in [0.717, 1.165) is 6.21 Å². The Kier molecular flexibility index (Phi) is 4.60. The second-order valence-electron chi connectivity index (χ2n) is 3.78. The summed E-state index contributed by atoms with van der Waals surface area (Å²) in [7, 11) is 1.35. The van der Waals surface area contributed by atoms with Crippen molar-refractivity contribution in [3.63, 3.8) is 0 Å². The van der Waals surface area contributed by atoms with E-state index >= 15 is 0 Å². The van der Waals surface area contributed by atoms with Gasteiger partial charge in [-0.15, -0.1) is 5.10 Å². The Hall–Kier alpha value is -1.96. The van der Waals surface area contributed by atoms with E-state index in [1.165, 1.54) is 7.05 Å². The molecule has 8 heteroatoms. The zero-order valence-corrected chi connectivity index (χ0v) is 10.5. The molecule has 0 saturated carbocycles. The van der Waals surface area contributed by atoms with Gasteiger partial charge in [-0.25, -0.2) is 0 Å². The van der Waals surface area contributed by atoms with Crippen molar-refractivity contribution in [3.8, 4) is 0 Å².